The Labute approximate surface area is 108 Å². The van der Waals surface area contributed by atoms with E-state index in [4.69, 9.17) is 10.5 Å². The van der Waals surface area contributed by atoms with Gasteiger partial charge in [0.1, 0.15) is 0 Å². The molecule has 1 aromatic carbocycles. The van der Waals surface area contributed by atoms with Gasteiger partial charge in [-0.25, -0.2) is 10.5 Å². The maximum Gasteiger partial charge on any atom is 0.214 e. The minimum atomic E-state index is 0.213. The highest BCUT2D eigenvalue weighted by Crippen LogP contribution is 2.42. The first kappa shape index (κ1) is 14.8. The first-order valence-electron chi connectivity index (χ1n) is 6.40. The second-order valence-corrected chi connectivity index (χ2v) is 4.70. The Kier molecular flexibility index (Phi) is 5.44. The minimum absolute atomic E-state index is 0.213. The zero-order chi connectivity index (χ0) is 13.7. The summed E-state index contributed by atoms with van der Waals surface area (Å²) in [5.41, 5.74) is 1.66. The summed E-state index contributed by atoms with van der Waals surface area (Å²) < 4.78 is 0. The summed E-state index contributed by atoms with van der Waals surface area (Å²) >= 11 is 0. The van der Waals surface area contributed by atoms with Crippen LogP contribution in [0.4, 0.5) is 0 Å². The zero-order valence-electron chi connectivity index (χ0n) is 11.4. The molecule has 0 heterocycles. The predicted octanol–water partition coefficient (Wildman–Crippen LogP) is 4.42. The van der Waals surface area contributed by atoms with Gasteiger partial charge in [-0.3, -0.25) is 0 Å². The molecule has 0 aromatic heterocycles. The smallest absolute Gasteiger partial charge is 0.214 e. The quantitative estimate of drug-likeness (QED) is 0.583. The lowest BCUT2D eigenvalue weighted by Gasteiger charge is -2.19. The third-order valence-electron chi connectivity index (χ3n) is 3.64. The molecule has 0 saturated heterocycles. The fraction of sp³-hybridized carbons (Fsp3) is 0.571. The van der Waals surface area contributed by atoms with Crippen LogP contribution in [0, 0.1) is 0 Å². The van der Waals surface area contributed by atoms with E-state index in [-0.39, 0.29) is 23.3 Å². The first-order valence-corrected chi connectivity index (χ1v) is 6.40. The average molecular weight is 254 g/mol. The Morgan fingerprint density at radius 1 is 0.889 bits per heavy atom. The molecule has 4 nitrogen and oxygen atoms in total. The van der Waals surface area contributed by atoms with Gasteiger partial charge < -0.3 is 9.78 Å². The Bertz CT molecular complexity index is 353. The monoisotopic (exact) mass is 254 g/mol. The van der Waals surface area contributed by atoms with Gasteiger partial charge in [-0.1, -0.05) is 39.8 Å². The van der Waals surface area contributed by atoms with E-state index < -0.39 is 0 Å². The highest BCUT2D eigenvalue weighted by Gasteiger charge is 2.22. The molecule has 0 spiro atoms. The van der Waals surface area contributed by atoms with Crippen molar-refractivity contribution in [2.45, 2.75) is 52.4 Å². The standard InChI is InChI=1S/C14H22O4/c1-5-9(3)11-7-8-12(10(4)6-2)14(18-16)13(11)17-15/h7-10,15-16H,5-6H2,1-4H3. The summed E-state index contributed by atoms with van der Waals surface area (Å²) in [6.45, 7) is 8.16. The van der Waals surface area contributed by atoms with E-state index in [1.807, 2.05) is 39.8 Å². The Morgan fingerprint density at radius 3 is 1.44 bits per heavy atom. The SMILES string of the molecule is CCC(C)c1ccc(C(C)CC)c(OO)c1OO. The van der Waals surface area contributed by atoms with Crippen molar-refractivity contribution in [1.82, 2.24) is 0 Å². The van der Waals surface area contributed by atoms with Crippen LogP contribution in [0.15, 0.2) is 12.1 Å². The van der Waals surface area contributed by atoms with Gasteiger partial charge in [-0.15, -0.1) is 0 Å². The summed E-state index contributed by atoms with van der Waals surface area (Å²) in [5, 5.41) is 18.1. The summed E-state index contributed by atoms with van der Waals surface area (Å²) in [6, 6.07) is 3.84. The number of rotatable bonds is 6. The molecule has 2 atom stereocenters. The average Bonchev–Trinajstić information content (AvgIpc) is 2.43. The Balaban J connectivity index is 3.36. The van der Waals surface area contributed by atoms with Gasteiger partial charge in [-0.2, -0.15) is 0 Å². The highest BCUT2D eigenvalue weighted by atomic mass is 17.1. The van der Waals surface area contributed by atoms with Gasteiger partial charge in [0.05, 0.1) is 0 Å². The lowest BCUT2D eigenvalue weighted by Crippen LogP contribution is -2.04. The normalized spacial score (nSPS) is 14.1. The largest absolute Gasteiger partial charge is 0.336 e. The van der Waals surface area contributed by atoms with Crippen LogP contribution >= 0.6 is 0 Å². The molecule has 4 heteroatoms. The lowest BCUT2D eigenvalue weighted by molar-refractivity contribution is -0.165. The van der Waals surface area contributed by atoms with E-state index in [0.717, 1.165) is 24.0 Å². The van der Waals surface area contributed by atoms with Gasteiger partial charge in [0.2, 0.25) is 11.5 Å². The van der Waals surface area contributed by atoms with Crippen LogP contribution in [0.25, 0.3) is 0 Å². The van der Waals surface area contributed by atoms with E-state index in [0.29, 0.717) is 0 Å². The minimum Gasteiger partial charge on any atom is -0.336 e. The van der Waals surface area contributed by atoms with Crippen molar-refractivity contribution >= 4 is 0 Å². The molecule has 1 rings (SSSR count). The molecule has 2 unspecified atom stereocenters. The number of hydrogen-bond acceptors (Lipinski definition) is 4. The second kappa shape index (κ2) is 6.61. The second-order valence-electron chi connectivity index (χ2n) is 4.70. The molecule has 0 bridgehead atoms. The fourth-order valence-electron chi connectivity index (χ4n) is 2.00. The molecule has 0 aliphatic rings. The highest BCUT2D eigenvalue weighted by molar-refractivity contribution is 5.53. The van der Waals surface area contributed by atoms with E-state index in [1.54, 1.807) is 0 Å². The molecule has 0 fully saturated rings. The summed E-state index contributed by atoms with van der Waals surface area (Å²) in [7, 11) is 0. The van der Waals surface area contributed by atoms with E-state index in [9.17, 15) is 0 Å². The molecule has 0 aliphatic heterocycles. The predicted molar refractivity (Wildman–Crippen MR) is 70.4 cm³/mol. The van der Waals surface area contributed by atoms with E-state index >= 15 is 0 Å². The molecule has 0 radical (unpaired) electrons. The number of benzene rings is 1. The van der Waals surface area contributed by atoms with Crippen LogP contribution in [-0.2, 0) is 0 Å². The van der Waals surface area contributed by atoms with E-state index in [2.05, 4.69) is 9.78 Å². The van der Waals surface area contributed by atoms with Crippen molar-refractivity contribution in [3.8, 4) is 11.5 Å². The van der Waals surface area contributed by atoms with Crippen molar-refractivity contribution in [3.05, 3.63) is 23.3 Å². The fourth-order valence-corrected chi connectivity index (χ4v) is 2.00. The Morgan fingerprint density at radius 2 is 1.22 bits per heavy atom. The molecule has 2 N–H and O–H groups in total. The third kappa shape index (κ3) is 2.76. The molecular formula is C14H22O4. The van der Waals surface area contributed by atoms with Gasteiger partial charge in [0.15, 0.2) is 0 Å². The Hall–Kier alpha value is -1.26. The maximum atomic E-state index is 9.06. The first-order chi connectivity index (χ1) is 8.60. The maximum absolute atomic E-state index is 9.06. The molecular weight excluding hydrogens is 232 g/mol. The van der Waals surface area contributed by atoms with Crippen molar-refractivity contribution in [2.24, 2.45) is 0 Å². The van der Waals surface area contributed by atoms with Crippen molar-refractivity contribution in [3.63, 3.8) is 0 Å². The molecule has 0 amide bonds. The summed E-state index contributed by atoms with van der Waals surface area (Å²) in [5.74, 6) is 0.855. The molecule has 102 valence electrons. The van der Waals surface area contributed by atoms with Crippen LogP contribution in [0.5, 0.6) is 11.5 Å². The lowest BCUT2D eigenvalue weighted by atomic mass is 9.91. The van der Waals surface area contributed by atoms with Gasteiger partial charge in [-0.05, 0) is 24.7 Å². The summed E-state index contributed by atoms with van der Waals surface area (Å²) in [6.07, 6.45) is 1.81. The van der Waals surface area contributed by atoms with Gasteiger partial charge >= 0.3 is 0 Å². The molecule has 18 heavy (non-hydrogen) atoms. The molecule has 0 aliphatic carbocycles. The van der Waals surface area contributed by atoms with Crippen LogP contribution in [0.2, 0.25) is 0 Å². The zero-order valence-corrected chi connectivity index (χ0v) is 11.4. The van der Waals surface area contributed by atoms with Crippen molar-refractivity contribution < 1.29 is 20.3 Å². The van der Waals surface area contributed by atoms with Crippen LogP contribution < -0.4 is 9.78 Å². The topological polar surface area (TPSA) is 58.9 Å². The van der Waals surface area contributed by atoms with Crippen LogP contribution in [0.3, 0.4) is 0 Å². The van der Waals surface area contributed by atoms with Crippen molar-refractivity contribution in [2.75, 3.05) is 0 Å². The molecule has 1 aromatic rings. The number of hydrogen-bond donors (Lipinski definition) is 2. The van der Waals surface area contributed by atoms with Gasteiger partial charge in [0, 0.05) is 11.1 Å². The van der Waals surface area contributed by atoms with Crippen LogP contribution in [-0.4, -0.2) is 10.5 Å². The van der Waals surface area contributed by atoms with Crippen molar-refractivity contribution in [1.29, 1.82) is 0 Å². The van der Waals surface area contributed by atoms with Crippen LogP contribution in [0.1, 0.15) is 63.5 Å². The molecule has 0 saturated carbocycles. The summed E-state index contributed by atoms with van der Waals surface area (Å²) in [4.78, 5) is 8.88. The van der Waals surface area contributed by atoms with Gasteiger partial charge in [0.25, 0.3) is 0 Å². The third-order valence-corrected chi connectivity index (χ3v) is 3.64. The van der Waals surface area contributed by atoms with E-state index in [1.165, 1.54) is 0 Å².